The van der Waals surface area contributed by atoms with Crippen molar-refractivity contribution in [1.29, 1.82) is 0 Å². The summed E-state index contributed by atoms with van der Waals surface area (Å²) in [5.41, 5.74) is 2.39. The Hall–Kier alpha value is -0.850. The van der Waals surface area contributed by atoms with E-state index in [4.69, 9.17) is 0 Å². The van der Waals surface area contributed by atoms with Gasteiger partial charge in [-0.15, -0.1) is 0 Å². The maximum Gasteiger partial charge on any atom is 0.0437 e. The molecule has 0 unspecified atom stereocenters. The van der Waals surface area contributed by atoms with Crippen LogP contribution in [0.15, 0.2) is 18.2 Å². The molecule has 1 aromatic rings. The van der Waals surface area contributed by atoms with Crippen molar-refractivity contribution in [3.05, 3.63) is 36.5 Å². The van der Waals surface area contributed by atoms with Gasteiger partial charge in [-0.25, -0.2) is 0 Å². The van der Waals surface area contributed by atoms with Crippen LogP contribution in [-0.4, -0.2) is 4.98 Å². The summed E-state index contributed by atoms with van der Waals surface area (Å²) in [6.07, 6.45) is 3.46. The molecular formula is C10H12N. The number of aromatic nitrogens is 1. The molecular weight excluding hydrogens is 134 g/mol. The van der Waals surface area contributed by atoms with Crippen LogP contribution in [0.25, 0.3) is 0 Å². The molecule has 11 heavy (non-hydrogen) atoms. The predicted molar refractivity (Wildman–Crippen MR) is 45.3 cm³/mol. The van der Waals surface area contributed by atoms with Gasteiger partial charge in [0, 0.05) is 17.3 Å². The van der Waals surface area contributed by atoms with Gasteiger partial charge in [0.15, 0.2) is 0 Å². The fourth-order valence-corrected chi connectivity index (χ4v) is 1.24. The molecule has 0 bridgehead atoms. The Morgan fingerprint density at radius 2 is 2.27 bits per heavy atom. The summed E-state index contributed by atoms with van der Waals surface area (Å²) < 4.78 is 0. The third-order valence-corrected chi connectivity index (χ3v) is 2.08. The van der Waals surface area contributed by atoms with Gasteiger partial charge in [0.1, 0.15) is 0 Å². The van der Waals surface area contributed by atoms with Crippen molar-refractivity contribution in [2.45, 2.75) is 25.2 Å². The summed E-state index contributed by atoms with van der Waals surface area (Å²) >= 11 is 0. The van der Waals surface area contributed by atoms with Crippen LogP contribution in [-0.2, 0) is 6.42 Å². The summed E-state index contributed by atoms with van der Waals surface area (Å²) in [7, 11) is 0. The van der Waals surface area contributed by atoms with Gasteiger partial charge in [-0.3, -0.25) is 4.98 Å². The van der Waals surface area contributed by atoms with Crippen molar-refractivity contribution in [3.8, 4) is 0 Å². The van der Waals surface area contributed by atoms with Crippen LogP contribution in [0.5, 0.6) is 0 Å². The third-order valence-electron chi connectivity index (χ3n) is 2.08. The lowest BCUT2D eigenvalue weighted by Gasteiger charge is -1.99. The molecule has 1 nitrogen and oxygen atoms in total. The van der Waals surface area contributed by atoms with Crippen LogP contribution in [0, 0.1) is 6.92 Å². The van der Waals surface area contributed by atoms with Gasteiger partial charge in [0.2, 0.25) is 0 Å². The van der Waals surface area contributed by atoms with E-state index < -0.39 is 0 Å². The Balaban J connectivity index is 2.26. The van der Waals surface area contributed by atoms with Gasteiger partial charge in [0.05, 0.1) is 0 Å². The van der Waals surface area contributed by atoms with Gasteiger partial charge in [-0.2, -0.15) is 0 Å². The minimum absolute atomic E-state index is 0.765. The molecule has 57 valence electrons. The van der Waals surface area contributed by atoms with E-state index in [0.717, 1.165) is 18.0 Å². The molecule has 0 N–H and O–H groups in total. The Labute approximate surface area is 67.5 Å². The molecule has 1 aliphatic rings. The highest BCUT2D eigenvalue weighted by Gasteiger charge is 2.24. The number of pyridine rings is 1. The van der Waals surface area contributed by atoms with E-state index in [1.54, 1.807) is 0 Å². The Morgan fingerprint density at radius 1 is 1.45 bits per heavy atom. The lowest BCUT2D eigenvalue weighted by molar-refractivity contribution is 0.971. The van der Waals surface area contributed by atoms with E-state index >= 15 is 0 Å². The van der Waals surface area contributed by atoms with E-state index in [-0.39, 0.29) is 0 Å². The Bertz CT molecular complexity index is 251. The summed E-state index contributed by atoms with van der Waals surface area (Å²) in [4.78, 5) is 4.49. The van der Waals surface area contributed by atoms with Gasteiger partial charge >= 0.3 is 0 Å². The van der Waals surface area contributed by atoms with Gasteiger partial charge in [-0.1, -0.05) is 6.07 Å². The topological polar surface area (TPSA) is 12.9 Å². The molecule has 1 radical (unpaired) electrons. The predicted octanol–water partition coefficient (Wildman–Crippen LogP) is 2.34. The maximum absolute atomic E-state index is 4.49. The first-order chi connectivity index (χ1) is 5.40. The molecule has 0 saturated heterocycles. The van der Waals surface area contributed by atoms with E-state index in [0.29, 0.717) is 0 Å². The van der Waals surface area contributed by atoms with Crippen molar-refractivity contribution in [1.82, 2.24) is 4.98 Å². The molecule has 0 atom stereocenters. The van der Waals surface area contributed by atoms with E-state index in [1.807, 2.05) is 6.07 Å². The van der Waals surface area contributed by atoms with Crippen molar-refractivity contribution < 1.29 is 0 Å². The van der Waals surface area contributed by atoms with Gasteiger partial charge in [-0.05, 0) is 38.3 Å². The number of hydrogen-bond donors (Lipinski definition) is 0. The van der Waals surface area contributed by atoms with Gasteiger partial charge < -0.3 is 0 Å². The van der Waals surface area contributed by atoms with Crippen LogP contribution >= 0.6 is 0 Å². The Morgan fingerprint density at radius 3 is 2.91 bits per heavy atom. The first-order valence-electron chi connectivity index (χ1n) is 4.15. The monoisotopic (exact) mass is 146 g/mol. The standard InChI is InChI=1S/C10H12N/c1-2-9-4-3-5-10(11-9)8-6-7-8/h3-5,8H,1-2,6-7H2. The van der Waals surface area contributed by atoms with Crippen LogP contribution < -0.4 is 0 Å². The molecule has 2 rings (SSSR count). The second-order valence-corrected chi connectivity index (χ2v) is 3.08. The summed E-state index contributed by atoms with van der Waals surface area (Å²) in [6.45, 7) is 3.81. The highest BCUT2D eigenvalue weighted by molar-refractivity contribution is 5.18. The molecule has 1 fully saturated rings. The van der Waals surface area contributed by atoms with Crippen molar-refractivity contribution in [3.63, 3.8) is 0 Å². The third kappa shape index (κ3) is 1.42. The average molecular weight is 146 g/mol. The number of rotatable bonds is 2. The maximum atomic E-state index is 4.49. The van der Waals surface area contributed by atoms with Crippen LogP contribution in [0.1, 0.15) is 30.1 Å². The number of nitrogens with zero attached hydrogens (tertiary/aromatic N) is 1. The molecule has 1 heteroatoms. The zero-order valence-electron chi connectivity index (χ0n) is 6.59. The summed E-state index contributed by atoms with van der Waals surface area (Å²) in [6, 6.07) is 6.25. The molecule has 0 spiro atoms. The fraction of sp³-hybridized carbons (Fsp3) is 0.400. The SMILES string of the molecule is [CH2]Cc1cccc(C2CC2)n1. The zero-order chi connectivity index (χ0) is 7.68. The van der Waals surface area contributed by atoms with Crippen molar-refractivity contribution >= 4 is 0 Å². The fourth-order valence-electron chi connectivity index (χ4n) is 1.24. The zero-order valence-corrected chi connectivity index (χ0v) is 6.59. The summed E-state index contributed by atoms with van der Waals surface area (Å²) in [5.74, 6) is 0.765. The minimum atomic E-state index is 0.765. The first-order valence-corrected chi connectivity index (χ1v) is 4.15. The lowest BCUT2D eigenvalue weighted by atomic mass is 10.2. The highest BCUT2D eigenvalue weighted by Crippen LogP contribution is 2.38. The average Bonchev–Trinajstić information content (AvgIpc) is 2.87. The molecule has 0 amide bonds. The second-order valence-electron chi connectivity index (χ2n) is 3.08. The van der Waals surface area contributed by atoms with E-state index in [2.05, 4.69) is 24.0 Å². The van der Waals surface area contributed by atoms with Crippen LogP contribution in [0.3, 0.4) is 0 Å². The second kappa shape index (κ2) is 2.65. The minimum Gasteiger partial charge on any atom is -0.258 e. The molecule has 1 aromatic heterocycles. The first kappa shape index (κ1) is 6.84. The van der Waals surface area contributed by atoms with Gasteiger partial charge in [0.25, 0.3) is 0 Å². The summed E-state index contributed by atoms with van der Waals surface area (Å²) in [5, 5.41) is 0. The Kier molecular flexibility index (Phi) is 1.65. The van der Waals surface area contributed by atoms with Crippen LogP contribution in [0.4, 0.5) is 0 Å². The highest BCUT2D eigenvalue weighted by atomic mass is 14.7. The van der Waals surface area contributed by atoms with Crippen molar-refractivity contribution in [2.24, 2.45) is 0 Å². The van der Waals surface area contributed by atoms with E-state index in [9.17, 15) is 0 Å². The molecule has 1 aliphatic carbocycles. The van der Waals surface area contributed by atoms with E-state index in [1.165, 1.54) is 18.5 Å². The number of hydrogen-bond acceptors (Lipinski definition) is 1. The quantitative estimate of drug-likeness (QED) is 0.624. The van der Waals surface area contributed by atoms with Crippen LogP contribution in [0.2, 0.25) is 0 Å². The van der Waals surface area contributed by atoms with Crippen molar-refractivity contribution in [2.75, 3.05) is 0 Å². The molecule has 0 aromatic carbocycles. The largest absolute Gasteiger partial charge is 0.258 e. The smallest absolute Gasteiger partial charge is 0.0437 e. The molecule has 0 aliphatic heterocycles. The normalized spacial score (nSPS) is 16.8. The molecule has 1 saturated carbocycles. The molecule has 1 heterocycles. The lowest BCUT2D eigenvalue weighted by Crippen LogP contribution is -1.91.